The summed E-state index contributed by atoms with van der Waals surface area (Å²) < 4.78 is 0. The van der Waals surface area contributed by atoms with Gasteiger partial charge in [-0.15, -0.1) is 0 Å². The molecule has 0 radical (unpaired) electrons. The molecule has 0 saturated heterocycles. The van der Waals surface area contributed by atoms with Crippen molar-refractivity contribution in [2.45, 2.75) is 13.0 Å². The third kappa shape index (κ3) is 2.69. The predicted octanol–water partition coefficient (Wildman–Crippen LogP) is 3.78. The van der Waals surface area contributed by atoms with Crippen molar-refractivity contribution >= 4 is 28.2 Å². The second-order valence-corrected chi connectivity index (χ2v) is 6.66. The van der Waals surface area contributed by atoms with E-state index in [0.717, 1.165) is 39.5 Å². The van der Waals surface area contributed by atoms with Crippen molar-refractivity contribution in [3.8, 4) is 11.4 Å². The van der Waals surface area contributed by atoms with Gasteiger partial charge in [-0.2, -0.15) is 0 Å². The molecule has 7 heteroatoms. The Balaban J connectivity index is 1.63. The predicted molar refractivity (Wildman–Crippen MR) is 107 cm³/mol. The summed E-state index contributed by atoms with van der Waals surface area (Å²) in [5, 5.41) is 5.44. The number of fused-ring (bicyclic) bond motifs is 2. The number of hydrogen-bond acceptors (Lipinski definition) is 6. The highest BCUT2D eigenvalue weighted by Gasteiger charge is 2.29. The van der Waals surface area contributed by atoms with Crippen LogP contribution in [0.4, 0.5) is 17.2 Å². The number of benzene rings is 2. The topological polar surface area (TPSA) is 81.8 Å². The second-order valence-electron chi connectivity index (χ2n) is 6.66. The number of nitrogens with one attached hydrogen (secondary N) is 3. The van der Waals surface area contributed by atoms with Gasteiger partial charge in [-0.25, -0.2) is 20.4 Å². The maximum atomic E-state index is 4.83. The van der Waals surface area contributed by atoms with Gasteiger partial charge in [0.05, 0.1) is 29.1 Å². The first-order valence-electron chi connectivity index (χ1n) is 8.86. The van der Waals surface area contributed by atoms with Gasteiger partial charge in [0.2, 0.25) is 0 Å². The molecule has 0 saturated carbocycles. The van der Waals surface area contributed by atoms with E-state index in [4.69, 9.17) is 9.97 Å². The molecule has 3 N–H and O–H groups in total. The number of imidazole rings is 1. The molecule has 5 rings (SSSR count). The van der Waals surface area contributed by atoms with Gasteiger partial charge in [0.15, 0.2) is 11.6 Å². The summed E-state index contributed by atoms with van der Waals surface area (Å²) in [4.78, 5) is 17.1. The molecule has 2 aromatic carbocycles. The minimum absolute atomic E-state index is 0.117. The summed E-state index contributed by atoms with van der Waals surface area (Å²) >= 11 is 0. The summed E-state index contributed by atoms with van der Waals surface area (Å²) in [5.74, 6) is 1.49. The van der Waals surface area contributed by atoms with Crippen molar-refractivity contribution in [1.82, 2.24) is 25.4 Å². The lowest BCUT2D eigenvalue weighted by Gasteiger charge is -2.17. The molecule has 0 bridgehead atoms. The van der Waals surface area contributed by atoms with Crippen molar-refractivity contribution < 1.29 is 0 Å². The first-order valence-corrected chi connectivity index (χ1v) is 8.86. The van der Waals surface area contributed by atoms with Crippen LogP contribution < -0.4 is 15.8 Å². The first-order chi connectivity index (χ1) is 13.2. The van der Waals surface area contributed by atoms with E-state index in [-0.39, 0.29) is 6.04 Å². The molecule has 3 heterocycles. The number of aromatic amines is 1. The average molecular weight is 357 g/mol. The monoisotopic (exact) mass is 357 g/mol. The van der Waals surface area contributed by atoms with E-state index in [2.05, 4.69) is 27.6 Å². The van der Waals surface area contributed by atoms with Gasteiger partial charge in [-0.1, -0.05) is 30.3 Å². The van der Waals surface area contributed by atoms with Crippen molar-refractivity contribution in [2.24, 2.45) is 0 Å². The average Bonchev–Trinajstić information content (AvgIpc) is 3.26. The van der Waals surface area contributed by atoms with E-state index >= 15 is 0 Å². The molecule has 1 atom stereocenters. The molecule has 7 nitrogen and oxygen atoms in total. The lowest BCUT2D eigenvalue weighted by molar-refractivity contribution is 0.607. The third-order valence-corrected chi connectivity index (χ3v) is 4.76. The van der Waals surface area contributed by atoms with E-state index < -0.39 is 0 Å². The van der Waals surface area contributed by atoms with Crippen LogP contribution in [0, 0.1) is 0 Å². The Morgan fingerprint density at radius 2 is 1.93 bits per heavy atom. The van der Waals surface area contributed by atoms with Crippen LogP contribution >= 0.6 is 0 Å². The summed E-state index contributed by atoms with van der Waals surface area (Å²) in [6.45, 7) is 2.10. The number of anilines is 3. The Morgan fingerprint density at radius 1 is 1.07 bits per heavy atom. The minimum Gasteiger partial charge on any atom is -0.345 e. The summed E-state index contributed by atoms with van der Waals surface area (Å²) in [6.07, 6.45) is 1.70. The van der Waals surface area contributed by atoms with E-state index in [1.165, 1.54) is 0 Å². The molecule has 0 fully saturated rings. The van der Waals surface area contributed by atoms with Crippen LogP contribution in [0.3, 0.4) is 0 Å². The van der Waals surface area contributed by atoms with Crippen LogP contribution in [0.15, 0.2) is 54.9 Å². The fourth-order valence-corrected chi connectivity index (χ4v) is 3.47. The number of rotatable bonds is 3. The number of H-pyrrole nitrogens is 1. The maximum absolute atomic E-state index is 4.83. The zero-order chi connectivity index (χ0) is 18.4. The van der Waals surface area contributed by atoms with Gasteiger partial charge in [0, 0.05) is 18.3 Å². The Kier molecular flexibility index (Phi) is 3.54. The second kappa shape index (κ2) is 6.07. The Hall–Kier alpha value is -3.45. The standard InChI is InChI=1S/C20H19N7/c1-12-17-18(27(2)26-12)20(25-19(24-17)13-6-4-3-5-7-13)23-14-8-9-15-16(10-14)22-11-21-15/h3-12,26H,1-2H3,(H,21,22)(H,23,24,25). The van der Waals surface area contributed by atoms with Crippen LogP contribution in [0.2, 0.25) is 0 Å². The number of nitrogens with zero attached hydrogens (tertiary/aromatic N) is 4. The van der Waals surface area contributed by atoms with Crippen molar-refractivity contribution in [3.05, 3.63) is 60.6 Å². The van der Waals surface area contributed by atoms with Crippen LogP contribution in [0.1, 0.15) is 18.7 Å². The Morgan fingerprint density at radius 3 is 2.78 bits per heavy atom. The Labute approximate surface area is 156 Å². The molecule has 0 aliphatic carbocycles. The van der Waals surface area contributed by atoms with Crippen LogP contribution in [0.5, 0.6) is 0 Å². The normalized spacial score (nSPS) is 15.9. The van der Waals surface area contributed by atoms with Crippen molar-refractivity contribution in [3.63, 3.8) is 0 Å². The number of hydrogen-bond donors (Lipinski definition) is 3. The summed E-state index contributed by atoms with van der Waals surface area (Å²) in [5.41, 5.74) is 9.19. The van der Waals surface area contributed by atoms with Crippen molar-refractivity contribution in [2.75, 3.05) is 17.4 Å². The quantitative estimate of drug-likeness (QED) is 0.518. The Bertz CT molecular complexity index is 1120. The van der Waals surface area contributed by atoms with Gasteiger partial charge < -0.3 is 15.3 Å². The van der Waals surface area contributed by atoms with Crippen molar-refractivity contribution in [1.29, 1.82) is 0 Å². The van der Waals surface area contributed by atoms with Gasteiger partial charge in [0.25, 0.3) is 0 Å². The largest absolute Gasteiger partial charge is 0.345 e. The summed E-state index contributed by atoms with van der Waals surface area (Å²) in [7, 11) is 1.98. The molecule has 4 aromatic rings. The SMILES string of the molecule is CC1NN(C)c2c(Nc3ccc4nc[nH]c4c3)nc(-c3ccccc3)nc21. The fourth-order valence-electron chi connectivity index (χ4n) is 3.47. The lowest BCUT2D eigenvalue weighted by Crippen LogP contribution is -2.29. The first kappa shape index (κ1) is 15.8. The molecule has 134 valence electrons. The van der Waals surface area contributed by atoms with Gasteiger partial charge >= 0.3 is 0 Å². The minimum atomic E-state index is 0.117. The van der Waals surface area contributed by atoms with Gasteiger partial charge in [-0.3, -0.25) is 0 Å². The lowest BCUT2D eigenvalue weighted by atomic mass is 10.1. The van der Waals surface area contributed by atoms with Crippen LogP contribution in [-0.4, -0.2) is 27.0 Å². The molecule has 0 amide bonds. The van der Waals surface area contributed by atoms with E-state index in [9.17, 15) is 0 Å². The maximum Gasteiger partial charge on any atom is 0.162 e. The highest BCUT2D eigenvalue weighted by molar-refractivity contribution is 5.83. The smallest absolute Gasteiger partial charge is 0.162 e. The molecular formula is C20H19N7. The molecule has 1 unspecified atom stereocenters. The van der Waals surface area contributed by atoms with E-state index in [1.54, 1.807) is 6.33 Å². The highest BCUT2D eigenvalue weighted by Crippen LogP contribution is 2.38. The number of hydrazine groups is 1. The summed E-state index contributed by atoms with van der Waals surface area (Å²) in [6, 6.07) is 16.2. The fraction of sp³-hybridized carbons (Fsp3) is 0.150. The third-order valence-electron chi connectivity index (χ3n) is 4.76. The molecule has 2 aromatic heterocycles. The molecule has 27 heavy (non-hydrogen) atoms. The van der Waals surface area contributed by atoms with E-state index in [1.807, 2.05) is 60.6 Å². The van der Waals surface area contributed by atoms with Gasteiger partial charge in [-0.05, 0) is 25.1 Å². The molecular weight excluding hydrogens is 338 g/mol. The van der Waals surface area contributed by atoms with E-state index in [0.29, 0.717) is 5.82 Å². The molecule has 1 aliphatic heterocycles. The zero-order valence-electron chi connectivity index (χ0n) is 15.1. The van der Waals surface area contributed by atoms with Gasteiger partial charge in [0.1, 0.15) is 5.69 Å². The van der Waals surface area contributed by atoms with Crippen LogP contribution in [0.25, 0.3) is 22.4 Å². The zero-order valence-corrected chi connectivity index (χ0v) is 15.1. The van der Waals surface area contributed by atoms with Crippen LogP contribution in [-0.2, 0) is 0 Å². The highest BCUT2D eigenvalue weighted by atomic mass is 15.5. The molecule has 1 aliphatic rings. The molecule has 0 spiro atoms. The number of aromatic nitrogens is 4.